The molecule has 0 aliphatic rings. The van der Waals surface area contributed by atoms with Crippen molar-refractivity contribution in [3.05, 3.63) is 67.6 Å². The Morgan fingerprint density at radius 3 is 2.48 bits per heavy atom. The van der Waals surface area contributed by atoms with Crippen LogP contribution in [0.4, 0.5) is 0 Å². The van der Waals surface area contributed by atoms with Crippen molar-refractivity contribution in [3.63, 3.8) is 0 Å². The fraction of sp³-hybridized carbons (Fsp3) is 0.188. The first kappa shape index (κ1) is 17.2. The molecule has 5 nitrogen and oxygen atoms in total. The minimum Gasteiger partial charge on any atom is -0.477 e. The maximum Gasteiger partial charge on any atom is 0.342 e. The number of benzene rings is 1. The second kappa shape index (κ2) is 6.98. The van der Waals surface area contributed by atoms with E-state index in [1.165, 1.54) is 12.1 Å². The number of nitrogens with zero attached hydrogens (tertiary/aromatic N) is 1. The van der Waals surface area contributed by atoms with Crippen molar-refractivity contribution in [2.45, 2.75) is 19.9 Å². The summed E-state index contributed by atoms with van der Waals surface area (Å²) in [5.74, 6) is -1.77. The van der Waals surface area contributed by atoms with Gasteiger partial charge >= 0.3 is 5.97 Å². The Hall–Kier alpha value is -2.11. The normalized spacial score (nSPS) is 10.6. The summed E-state index contributed by atoms with van der Waals surface area (Å²) in [4.78, 5) is 35.9. The van der Waals surface area contributed by atoms with Gasteiger partial charge in [-0.2, -0.15) is 0 Å². The highest BCUT2D eigenvalue weighted by Crippen LogP contribution is 2.16. The van der Waals surface area contributed by atoms with Crippen LogP contribution in [0.15, 0.2) is 35.1 Å². The highest BCUT2D eigenvalue weighted by Gasteiger charge is 2.20. The molecule has 7 heteroatoms. The monoisotopic (exact) mass is 353 g/mol. The van der Waals surface area contributed by atoms with Gasteiger partial charge in [-0.3, -0.25) is 9.59 Å². The van der Waals surface area contributed by atoms with Gasteiger partial charge in [-0.1, -0.05) is 42.3 Å². The number of hydrogen-bond acceptors (Lipinski definition) is 3. The number of carbonyl (C=O) groups excluding carboxylic acids is 1. The van der Waals surface area contributed by atoms with Gasteiger partial charge in [0, 0.05) is 16.3 Å². The van der Waals surface area contributed by atoms with Crippen LogP contribution in [0.3, 0.4) is 0 Å². The molecule has 0 amide bonds. The molecular formula is C16H13Cl2NO4. The number of aromatic nitrogens is 1. The number of aryl methyl sites for hydroxylation is 1. The minimum atomic E-state index is -1.42. The molecule has 1 aromatic carbocycles. The molecule has 0 saturated heterocycles. The van der Waals surface area contributed by atoms with E-state index in [4.69, 9.17) is 28.3 Å². The van der Waals surface area contributed by atoms with E-state index in [0.29, 0.717) is 22.7 Å². The zero-order valence-electron chi connectivity index (χ0n) is 12.2. The van der Waals surface area contributed by atoms with Gasteiger partial charge in [-0.05, 0) is 24.6 Å². The zero-order valence-corrected chi connectivity index (χ0v) is 13.7. The highest BCUT2D eigenvalue weighted by atomic mass is 35.5. The molecule has 0 aliphatic heterocycles. The molecule has 0 atom stereocenters. The predicted octanol–water partition coefficient (Wildman–Crippen LogP) is 3.30. The molecule has 0 aliphatic carbocycles. The molecule has 120 valence electrons. The average molecular weight is 354 g/mol. The van der Waals surface area contributed by atoms with Crippen LogP contribution in [0, 0.1) is 0 Å². The second-order valence-corrected chi connectivity index (χ2v) is 5.69. The molecule has 23 heavy (non-hydrogen) atoms. The maximum atomic E-state index is 12.4. The summed E-state index contributed by atoms with van der Waals surface area (Å²) in [6.07, 6.45) is 0.428. The number of rotatable bonds is 5. The van der Waals surface area contributed by atoms with Crippen molar-refractivity contribution >= 4 is 35.0 Å². The summed E-state index contributed by atoms with van der Waals surface area (Å²) < 4.78 is 1.14. The van der Waals surface area contributed by atoms with Crippen LogP contribution in [0.5, 0.6) is 0 Å². The number of carbonyl (C=O) groups is 2. The van der Waals surface area contributed by atoms with Gasteiger partial charge in [0.05, 0.1) is 11.6 Å². The molecule has 0 fully saturated rings. The number of pyridine rings is 1. The molecule has 0 radical (unpaired) electrons. The van der Waals surface area contributed by atoms with Gasteiger partial charge < -0.3 is 9.67 Å². The summed E-state index contributed by atoms with van der Waals surface area (Å²) in [5, 5.41) is 9.39. The third kappa shape index (κ3) is 3.63. The van der Waals surface area contributed by atoms with Crippen molar-refractivity contribution in [2.24, 2.45) is 0 Å². The van der Waals surface area contributed by atoms with E-state index in [0.717, 1.165) is 4.57 Å². The van der Waals surface area contributed by atoms with E-state index >= 15 is 0 Å². The SMILES string of the molecule is CCc1cc(Cl)c(C(=O)O)c(=O)n1CC(=O)c1cccc(Cl)c1. The summed E-state index contributed by atoms with van der Waals surface area (Å²) in [6.45, 7) is 1.51. The molecule has 0 bridgehead atoms. The van der Waals surface area contributed by atoms with Crippen molar-refractivity contribution in [3.8, 4) is 0 Å². The van der Waals surface area contributed by atoms with Crippen molar-refractivity contribution < 1.29 is 14.7 Å². The summed E-state index contributed by atoms with van der Waals surface area (Å²) in [6, 6.07) is 7.74. The van der Waals surface area contributed by atoms with Crippen LogP contribution in [0.25, 0.3) is 0 Å². The van der Waals surface area contributed by atoms with Gasteiger partial charge in [0.1, 0.15) is 5.56 Å². The molecule has 0 saturated carbocycles. The lowest BCUT2D eigenvalue weighted by atomic mass is 10.1. The van der Waals surface area contributed by atoms with Gasteiger partial charge in [0.25, 0.3) is 5.56 Å². The number of halogens is 2. The fourth-order valence-corrected chi connectivity index (χ4v) is 2.70. The van der Waals surface area contributed by atoms with E-state index < -0.39 is 17.1 Å². The Kier molecular flexibility index (Phi) is 5.23. The lowest BCUT2D eigenvalue weighted by molar-refractivity contribution is 0.0693. The maximum absolute atomic E-state index is 12.4. The van der Waals surface area contributed by atoms with Crippen LogP contribution < -0.4 is 5.56 Å². The van der Waals surface area contributed by atoms with Crippen LogP contribution in [-0.2, 0) is 13.0 Å². The molecule has 2 rings (SSSR count). The number of carboxylic acids is 1. The quantitative estimate of drug-likeness (QED) is 0.836. The molecule has 1 N–H and O–H groups in total. The van der Waals surface area contributed by atoms with Gasteiger partial charge in [0.15, 0.2) is 5.78 Å². The lowest BCUT2D eigenvalue weighted by Gasteiger charge is -2.13. The first-order valence-corrected chi connectivity index (χ1v) is 7.55. The number of hydrogen-bond donors (Lipinski definition) is 1. The van der Waals surface area contributed by atoms with E-state index in [1.54, 1.807) is 25.1 Å². The zero-order chi connectivity index (χ0) is 17.1. The first-order valence-electron chi connectivity index (χ1n) is 6.79. The molecule has 1 aromatic heterocycles. The third-order valence-electron chi connectivity index (χ3n) is 3.36. The number of ketones is 1. The standard InChI is InChI=1S/C16H13Cl2NO4/c1-2-11-7-12(18)14(16(22)23)15(21)19(11)8-13(20)9-4-3-5-10(17)6-9/h3-7H,2,8H2,1H3,(H,22,23). The molecule has 1 heterocycles. The van der Waals surface area contributed by atoms with Gasteiger partial charge in [0.2, 0.25) is 0 Å². The van der Waals surface area contributed by atoms with Crippen LogP contribution in [0.2, 0.25) is 10.0 Å². The number of carboxylic acid groups (broad SMARTS) is 1. The van der Waals surface area contributed by atoms with Crippen molar-refractivity contribution in [1.82, 2.24) is 4.57 Å². The largest absolute Gasteiger partial charge is 0.477 e. The van der Waals surface area contributed by atoms with Crippen molar-refractivity contribution in [2.75, 3.05) is 0 Å². The Labute approximate surface area is 142 Å². The third-order valence-corrected chi connectivity index (χ3v) is 3.90. The average Bonchev–Trinajstić information content (AvgIpc) is 2.49. The molecule has 0 unspecified atom stereocenters. The van der Waals surface area contributed by atoms with E-state index in [2.05, 4.69) is 0 Å². The van der Waals surface area contributed by atoms with Crippen LogP contribution in [-0.4, -0.2) is 21.4 Å². The van der Waals surface area contributed by atoms with Gasteiger partial charge in [-0.25, -0.2) is 4.79 Å². The topological polar surface area (TPSA) is 76.4 Å². The van der Waals surface area contributed by atoms with Crippen LogP contribution in [0.1, 0.15) is 33.3 Å². The number of aromatic carboxylic acids is 1. The summed E-state index contributed by atoms with van der Waals surface area (Å²) in [5.41, 5.74) is -0.501. The molecular weight excluding hydrogens is 341 g/mol. The molecule has 2 aromatic rings. The second-order valence-electron chi connectivity index (χ2n) is 4.84. The molecule has 0 spiro atoms. The Morgan fingerprint density at radius 2 is 1.91 bits per heavy atom. The van der Waals surface area contributed by atoms with E-state index in [-0.39, 0.29) is 17.4 Å². The van der Waals surface area contributed by atoms with E-state index in [9.17, 15) is 14.4 Å². The lowest BCUT2D eigenvalue weighted by Crippen LogP contribution is -2.31. The Bertz CT molecular complexity index is 842. The Balaban J connectivity index is 2.50. The predicted molar refractivity (Wildman–Crippen MR) is 87.8 cm³/mol. The Morgan fingerprint density at radius 1 is 1.22 bits per heavy atom. The van der Waals surface area contributed by atoms with Crippen molar-refractivity contribution in [1.29, 1.82) is 0 Å². The number of Topliss-reactive ketones (excluding diaryl/α,β-unsaturated/α-hetero) is 1. The van der Waals surface area contributed by atoms with E-state index in [1.807, 2.05) is 0 Å². The first-order chi connectivity index (χ1) is 10.8. The van der Waals surface area contributed by atoms with Gasteiger partial charge in [-0.15, -0.1) is 0 Å². The van der Waals surface area contributed by atoms with Crippen LogP contribution >= 0.6 is 23.2 Å². The highest BCUT2D eigenvalue weighted by molar-refractivity contribution is 6.33. The fourth-order valence-electron chi connectivity index (χ4n) is 2.22. The summed E-state index contributed by atoms with van der Waals surface area (Å²) in [7, 11) is 0. The minimum absolute atomic E-state index is 0.134. The summed E-state index contributed by atoms with van der Waals surface area (Å²) >= 11 is 11.7. The smallest absolute Gasteiger partial charge is 0.342 e.